The highest BCUT2D eigenvalue weighted by Gasteiger charge is 2.66. The fourth-order valence-electron chi connectivity index (χ4n) is 7.56. The monoisotopic (exact) mass is 304 g/mol. The standard InChI is InChI=1S/C20H32O2/c1-12-6-5-9-19(3)14(12)10-17-20(4)15(11-18(21)22-17)13(2)7-8-16(19)20/h12-17H,5-11H2,1-4H3/t12?,13?,14-,15-,16+,17+,19-,20-/m0/s1. The summed E-state index contributed by atoms with van der Waals surface area (Å²) >= 11 is 0. The molecule has 2 nitrogen and oxygen atoms in total. The number of esters is 1. The molecular weight excluding hydrogens is 272 g/mol. The van der Waals surface area contributed by atoms with Gasteiger partial charge in [-0.05, 0) is 54.3 Å². The van der Waals surface area contributed by atoms with Crippen molar-refractivity contribution >= 4 is 5.97 Å². The van der Waals surface area contributed by atoms with E-state index in [1.54, 1.807) is 0 Å². The SMILES string of the molecule is CC1CCC[C@]2(C)[C@H]3CCC(C)[C@@H]4CC(=O)O[C@H](C[C@@H]12)[C@]34C. The van der Waals surface area contributed by atoms with Crippen LogP contribution in [0.4, 0.5) is 0 Å². The topological polar surface area (TPSA) is 26.3 Å². The van der Waals surface area contributed by atoms with Crippen molar-refractivity contribution in [3.8, 4) is 0 Å². The van der Waals surface area contributed by atoms with E-state index < -0.39 is 0 Å². The first-order chi connectivity index (χ1) is 10.4. The number of ether oxygens (including phenoxy) is 1. The summed E-state index contributed by atoms with van der Waals surface area (Å²) in [6.07, 6.45) is 8.79. The van der Waals surface area contributed by atoms with Crippen molar-refractivity contribution < 1.29 is 9.53 Å². The molecule has 22 heavy (non-hydrogen) atoms. The minimum Gasteiger partial charge on any atom is -0.462 e. The highest BCUT2D eigenvalue weighted by atomic mass is 16.5. The summed E-state index contributed by atoms with van der Waals surface area (Å²) < 4.78 is 5.98. The van der Waals surface area contributed by atoms with Crippen LogP contribution in [0.15, 0.2) is 0 Å². The zero-order valence-corrected chi connectivity index (χ0v) is 14.7. The molecule has 0 bridgehead atoms. The Bertz CT molecular complexity index is 486. The van der Waals surface area contributed by atoms with Crippen LogP contribution in [0.2, 0.25) is 0 Å². The lowest BCUT2D eigenvalue weighted by molar-refractivity contribution is -0.244. The molecule has 1 heterocycles. The Morgan fingerprint density at radius 3 is 2.55 bits per heavy atom. The molecule has 2 unspecified atom stereocenters. The van der Waals surface area contributed by atoms with Crippen LogP contribution in [0, 0.1) is 40.4 Å². The highest BCUT2D eigenvalue weighted by Crippen LogP contribution is 2.68. The normalized spacial score (nSPS) is 57.5. The maximum Gasteiger partial charge on any atom is 0.306 e. The molecule has 124 valence electrons. The van der Waals surface area contributed by atoms with Gasteiger partial charge in [0.1, 0.15) is 6.10 Å². The van der Waals surface area contributed by atoms with Crippen LogP contribution in [-0.2, 0) is 9.53 Å². The van der Waals surface area contributed by atoms with Crippen molar-refractivity contribution in [3.63, 3.8) is 0 Å². The maximum atomic E-state index is 12.2. The van der Waals surface area contributed by atoms with Crippen LogP contribution in [-0.4, -0.2) is 12.1 Å². The van der Waals surface area contributed by atoms with Gasteiger partial charge in [0.15, 0.2) is 0 Å². The van der Waals surface area contributed by atoms with Crippen LogP contribution < -0.4 is 0 Å². The van der Waals surface area contributed by atoms with Gasteiger partial charge < -0.3 is 4.74 Å². The van der Waals surface area contributed by atoms with Crippen molar-refractivity contribution in [2.75, 3.05) is 0 Å². The zero-order chi connectivity index (χ0) is 15.7. The van der Waals surface area contributed by atoms with Crippen LogP contribution in [0.3, 0.4) is 0 Å². The molecule has 0 radical (unpaired) electrons. The predicted molar refractivity (Wildman–Crippen MR) is 87.2 cm³/mol. The van der Waals surface area contributed by atoms with E-state index in [1.165, 1.54) is 32.1 Å². The second-order valence-corrected chi connectivity index (χ2v) is 9.48. The number of hydrogen-bond donors (Lipinski definition) is 0. The Morgan fingerprint density at radius 2 is 1.77 bits per heavy atom. The summed E-state index contributed by atoms with van der Waals surface area (Å²) in [5.41, 5.74) is 0.707. The van der Waals surface area contributed by atoms with E-state index in [2.05, 4.69) is 27.7 Å². The van der Waals surface area contributed by atoms with Gasteiger partial charge in [0.2, 0.25) is 0 Å². The molecule has 3 aliphatic carbocycles. The Kier molecular flexibility index (Phi) is 3.24. The molecule has 2 heteroatoms. The molecule has 0 spiro atoms. The molecule has 0 N–H and O–H groups in total. The lowest BCUT2D eigenvalue weighted by Crippen LogP contribution is -2.65. The summed E-state index contributed by atoms with van der Waals surface area (Å²) in [5, 5.41) is 0. The number of hydrogen-bond acceptors (Lipinski definition) is 2. The smallest absolute Gasteiger partial charge is 0.306 e. The number of carbonyl (C=O) groups excluding carboxylic acids is 1. The fourth-order valence-corrected chi connectivity index (χ4v) is 7.56. The molecule has 0 aromatic heterocycles. The second kappa shape index (κ2) is 4.74. The molecule has 3 saturated carbocycles. The number of rotatable bonds is 0. The molecule has 4 fully saturated rings. The van der Waals surface area contributed by atoms with Crippen molar-refractivity contribution in [3.05, 3.63) is 0 Å². The number of fused-ring (bicyclic) bond motifs is 2. The third-order valence-corrected chi connectivity index (χ3v) is 8.67. The second-order valence-electron chi connectivity index (χ2n) is 9.48. The molecule has 0 aromatic rings. The first kappa shape index (κ1) is 15.0. The van der Waals surface area contributed by atoms with Gasteiger partial charge in [-0.25, -0.2) is 0 Å². The lowest BCUT2D eigenvalue weighted by Gasteiger charge is -2.67. The van der Waals surface area contributed by atoms with Gasteiger partial charge in [0.25, 0.3) is 0 Å². The third kappa shape index (κ3) is 1.76. The van der Waals surface area contributed by atoms with E-state index in [0.29, 0.717) is 23.7 Å². The lowest BCUT2D eigenvalue weighted by atomic mass is 9.39. The predicted octanol–water partition coefficient (Wildman–Crippen LogP) is 4.82. The number of carbonyl (C=O) groups is 1. The third-order valence-electron chi connectivity index (χ3n) is 8.67. The summed E-state index contributed by atoms with van der Waals surface area (Å²) in [4.78, 5) is 12.2. The van der Waals surface area contributed by atoms with Gasteiger partial charge >= 0.3 is 5.97 Å². The van der Waals surface area contributed by atoms with Crippen molar-refractivity contribution in [1.29, 1.82) is 0 Å². The average molecular weight is 304 g/mol. The Morgan fingerprint density at radius 1 is 1.05 bits per heavy atom. The summed E-state index contributed by atoms with van der Waals surface area (Å²) in [5.74, 6) is 3.60. The van der Waals surface area contributed by atoms with E-state index in [-0.39, 0.29) is 17.5 Å². The summed E-state index contributed by atoms with van der Waals surface area (Å²) in [6, 6.07) is 0. The minimum absolute atomic E-state index is 0.0760. The van der Waals surface area contributed by atoms with Crippen LogP contribution >= 0.6 is 0 Å². The van der Waals surface area contributed by atoms with E-state index in [0.717, 1.165) is 24.2 Å². The molecular formula is C20H32O2. The van der Waals surface area contributed by atoms with Crippen LogP contribution in [0.25, 0.3) is 0 Å². The Labute approximate surface area is 135 Å². The molecule has 1 saturated heterocycles. The van der Waals surface area contributed by atoms with Gasteiger partial charge in [0.05, 0.1) is 0 Å². The van der Waals surface area contributed by atoms with Crippen LogP contribution in [0.1, 0.15) is 72.6 Å². The van der Waals surface area contributed by atoms with E-state index >= 15 is 0 Å². The van der Waals surface area contributed by atoms with Crippen molar-refractivity contribution in [1.82, 2.24) is 0 Å². The van der Waals surface area contributed by atoms with Gasteiger partial charge in [-0.3, -0.25) is 4.79 Å². The Balaban J connectivity index is 1.79. The zero-order valence-electron chi connectivity index (χ0n) is 14.7. The Hall–Kier alpha value is -0.530. The molecule has 0 amide bonds. The van der Waals surface area contributed by atoms with E-state index in [4.69, 9.17) is 4.74 Å². The van der Waals surface area contributed by atoms with Gasteiger partial charge in [0, 0.05) is 11.8 Å². The maximum absolute atomic E-state index is 12.2. The fraction of sp³-hybridized carbons (Fsp3) is 0.950. The summed E-state index contributed by atoms with van der Waals surface area (Å²) in [6.45, 7) is 9.89. The average Bonchev–Trinajstić information content (AvgIpc) is 2.44. The minimum atomic E-state index is 0.0760. The van der Waals surface area contributed by atoms with Crippen molar-refractivity contribution in [2.45, 2.75) is 78.7 Å². The van der Waals surface area contributed by atoms with Gasteiger partial charge in [-0.15, -0.1) is 0 Å². The first-order valence-electron chi connectivity index (χ1n) is 9.57. The van der Waals surface area contributed by atoms with Gasteiger partial charge in [-0.1, -0.05) is 47.0 Å². The molecule has 0 aromatic carbocycles. The molecule has 4 aliphatic rings. The molecule has 4 rings (SSSR count). The van der Waals surface area contributed by atoms with E-state index in [1.807, 2.05) is 0 Å². The molecule has 1 aliphatic heterocycles. The molecule has 8 atom stereocenters. The van der Waals surface area contributed by atoms with Gasteiger partial charge in [-0.2, -0.15) is 0 Å². The highest BCUT2D eigenvalue weighted by molar-refractivity contribution is 5.71. The first-order valence-corrected chi connectivity index (χ1v) is 9.57. The van der Waals surface area contributed by atoms with E-state index in [9.17, 15) is 4.79 Å². The largest absolute Gasteiger partial charge is 0.462 e. The quantitative estimate of drug-likeness (QED) is 0.600. The summed E-state index contributed by atoms with van der Waals surface area (Å²) in [7, 11) is 0. The van der Waals surface area contributed by atoms with Crippen LogP contribution in [0.5, 0.6) is 0 Å². The van der Waals surface area contributed by atoms with Crippen molar-refractivity contribution in [2.24, 2.45) is 40.4 Å².